The number of alkyl halides is 2. The van der Waals surface area contributed by atoms with Crippen molar-refractivity contribution in [2.24, 2.45) is 5.73 Å². The van der Waals surface area contributed by atoms with Gasteiger partial charge in [0, 0.05) is 12.1 Å². The summed E-state index contributed by atoms with van der Waals surface area (Å²) in [6.45, 7) is -0.0596. The Hall–Kier alpha value is -0.500. The Morgan fingerprint density at radius 3 is 2.69 bits per heavy atom. The average Bonchev–Trinajstić information content (AvgIpc) is 2.08. The fourth-order valence-corrected chi connectivity index (χ4v) is 1.33. The van der Waals surface area contributed by atoms with Crippen LogP contribution < -0.4 is 5.73 Å². The third kappa shape index (κ3) is 2.25. The summed E-state index contributed by atoms with van der Waals surface area (Å²) in [5, 5.41) is 9.12. The second-order valence-electron chi connectivity index (χ2n) is 2.34. The second-order valence-corrected chi connectivity index (χ2v) is 3.36. The van der Waals surface area contributed by atoms with Gasteiger partial charge in [0.25, 0.3) is 6.43 Å². The molecular formula is C7H7F2IN2O. The summed E-state index contributed by atoms with van der Waals surface area (Å²) in [7, 11) is 0. The number of nitrogens with two attached hydrogens (primary N) is 1. The fourth-order valence-electron chi connectivity index (χ4n) is 0.883. The highest BCUT2D eigenvalue weighted by molar-refractivity contribution is 14.1. The van der Waals surface area contributed by atoms with E-state index in [0.717, 1.165) is 6.07 Å². The van der Waals surface area contributed by atoms with Gasteiger partial charge >= 0.3 is 0 Å². The van der Waals surface area contributed by atoms with Gasteiger partial charge in [-0.1, -0.05) is 0 Å². The number of hydrogen-bond donors (Lipinski definition) is 2. The minimum absolute atomic E-state index is 0.0596. The largest absolute Gasteiger partial charge is 0.505 e. The van der Waals surface area contributed by atoms with Crippen molar-refractivity contribution >= 4 is 22.6 Å². The molecule has 1 heterocycles. The molecule has 0 aliphatic heterocycles. The van der Waals surface area contributed by atoms with Crippen molar-refractivity contribution in [2.75, 3.05) is 0 Å². The Balaban J connectivity index is 3.25. The van der Waals surface area contributed by atoms with Gasteiger partial charge in [-0.15, -0.1) is 0 Å². The van der Waals surface area contributed by atoms with E-state index in [1.807, 2.05) is 0 Å². The zero-order chi connectivity index (χ0) is 10.0. The molecule has 0 bridgehead atoms. The van der Waals surface area contributed by atoms with Crippen LogP contribution in [0.5, 0.6) is 5.75 Å². The highest BCUT2D eigenvalue weighted by Crippen LogP contribution is 2.27. The van der Waals surface area contributed by atoms with Crippen molar-refractivity contribution in [3.05, 3.63) is 21.0 Å². The Bertz CT molecular complexity index is 320. The Morgan fingerprint density at radius 2 is 2.23 bits per heavy atom. The molecule has 0 spiro atoms. The summed E-state index contributed by atoms with van der Waals surface area (Å²) in [5.74, 6) is -0.242. The molecule has 3 N–H and O–H groups in total. The highest BCUT2D eigenvalue weighted by atomic mass is 127. The van der Waals surface area contributed by atoms with E-state index in [-0.39, 0.29) is 27.3 Å². The molecule has 0 fully saturated rings. The maximum absolute atomic E-state index is 12.3. The van der Waals surface area contributed by atoms with E-state index in [9.17, 15) is 8.78 Å². The van der Waals surface area contributed by atoms with Crippen molar-refractivity contribution in [3.8, 4) is 5.75 Å². The maximum Gasteiger partial charge on any atom is 0.265 e. The summed E-state index contributed by atoms with van der Waals surface area (Å²) in [4.78, 5) is 3.74. The number of pyridine rings is 1. The first kappa shape index (κ1) is 10.6. The third-order valence-electron chi connectivity index (χ3n) is 1.50. The Labute approximate surface area is 87.1 Å². The van der Waals surface area contributed by atoms with Crippen LogP contribution in [0.1, 0.15) is 17.7 Å². The summed E-state index contributed by atoms with van der Waals surface area (Å²) in [5.41, 5.74) is 5.04. The minimum atomic E-state index is -2.66. The van der Waals surface area contributed by atoms with Crippen LogP contribution in [0.15, 0.2) is 6.07 Å². The summed E-state index contributed by atoms with van der Waals surface area (Å²) in [6.07, 6.45) is -2.66. The molecule has 0 radical (unpaired) electrons. The molecule has 72 valence electrons. The number of aromatic hydroxyl groups is 1. The molecule has 0 unspecified atom stereocenters. The van der Waals surface area contributed by atoms with E-state index in [4.69, 9.17) is 10.8 Å². The molecule has 0 aliphatic rings. The molecule has 1 aromatic heterocycles. The number of nitrogens with zero attached hydrogens (tertiary/aromatic N) is 1. The lowest BCUT2D eigenvalue weighted by Gasteiger charge is -2.07. The standard InChI is InChI=1S/C7H7F2IN2O/c8-6(9)3-1-5(13)7(10)12-4(3)2-11/h1,6,13H,2,11H2. The summed E-state index contributed by atoms with van der Waals surface area (Å²) in [6, 6.07) is 1.00. The molecule has 6 heteroatoms. The van der Waals surface area contributed by atoms with Gasteiger partial charge < -0.3 is 10.8 Å². The van der Waals surface area contributed by atoms with Gasteiger partial charge in [0.1, 0.15) is 9.45 Å². The van der Waals surface area contributed by atoms with Crippen molar-refractivity contribution in [1.82, 2.24) is 4.98 Å². The van der Waals surface area contributed by atoms with Crippen LogP contribution in [0, 0.1) is 3.70 Å². The van der Waals surface area contributed by atoms with Crippen LogP contribution >= 0.6 is 22.6 Å². The zero-order valence-electron chi connectivity index (χ0n) is 6.47. The second kappa shape index (κ2) is 4.14. The number of halogens is 3. The molecule has 3 nitrogen and oxygen atoms in total. The Kier molecular flexibility index (Phi) is 3.37. The quantitative estimate of drug-likeness (QED) is 0.646. The van der Waals surface area contributed by atoms with E-state index in [1.54, 1.807) is 22.6 Å². The average molecular weight is 300 g/mol. The lowest BCUT2D eigenvalue weighted by atomic mass is 10.2. The van der Waals surface area contributed by atoms with Gasteiger partial charge in [0.05, 0.1) is 5.69 Å². The van der Waals surface area contributed by atoms with Crippen molar-refractivity contribution in [3.63, 3.8) is 0 Å². The van der Waals surface area contributed by atoms with Crippen molar-refractivity contribution in [2.45, 2.75) is 13.0 Å². The zero-order valence-corrected chi connectivity index (χ0v) is 8.62. The van der Waals surface area contributed by atoms with Crippen molar-refractivity contribution < 1.29 is 13.9 Å². The normalized spacial score (nSPS) is 10.8. The summed E-state index contributed by atoms with van der Waals surface area (Å²) >= 11 is 1.75. The maximum atomic E-state index is 12.3. The van der Waals surface area contributed by atoms with Gasteiger partial charge in [-0.3, -0.25) is 0 Å². The molecule has 0 saturated heterocycles. The molecule has 13 heavy (non-hydrogen) atoms. The monoisotopic (exact) mass is 300 g/mol. The van der Waals surface area contributed by atoms with E-state index in [2.05, 4.69) is 4.98 Å². The predicted octanol–water partition coefficient (Wildman–Crippen LogP) is 1.79. The molecule has 1 aromatic rings. The lowest BCUT2D eigenvalue weighted by molar-refractivity contribution is 0.149. The number of aromatic nitrogens is 1. The van der Waals surface area contributed by atoms with E-state index in [0.29, 0.717) is 0 Å². The van der Waals surface area contributed by atoms with E-state index in [1.165, 1.54) is 0 Å². The first-order chi connectivity index (χ1) is 6.06. The van der Waals surface area contributed by atoms with Crippen LogP contribution in [-0.4, -0.2) is 10.1 Å². The minimum Gasteiger partial charge on any atom is -0.505 e. The van der Waals surface area contributed by atoms with E-state index < -0.39 is 6.43 Å². The molecule has 0 aliphatic carbocycles. The van der Waals surface area contributed by atoms with Crippen LogP contribution in [0.3, 0.4) is 0 Å². The Morgan fingerprint density at radius 1 is 1.62 bits per heavy atom. The highest BCUT2D eigenvalue weighted by Gasteiger charge is 2.16. The molecule has 0 aromatic carbocycles. The number of hydrogen-bond acceptors (Lipinski definition) is 3. The smallest absolute Gasteiger partial charge is 0.265 e. The molecule has 0 saturated carbocycles. The van der Waals surface area contributed by atoms with Gasteiger partial charge in [-0.05, 0) is 28.7 Å². The summed E-state index contributed by atoms with van der Waals surface area (Å²) < 4.78 is 24.9. The lowest BCUT2D eigenvalue weighted by Crippen LogP contribution is -2.06. The molecule has 1 rings (SSSR count). The number of rotatable bonds is 2. The van der Waals surface area contributed by atoms with Crippen LogP contribution in [0.2, 0.25) is 0 Å². The topological polar surface area (TPSA) is 59.1 Å². The van der Waals surface area contributed by atoms with Gasteiger partial charge in [-0.2, -0.15) is 0 Å². The fraction of sp³-hybridized carbons (Fsp3) is 0.286. The van der Waals surface area contributed by atoms with Gasteiger partial charge in [0.15, 0.2) is 0 Å². The van der Waals surface area contributed by atoms with Crippen molar-refractivity contribution in [1.29, 1.82) is 0 Å². The third-order valence-corrected chi connectivity index (χ3v) is 2.29. The molecule has 0 amide bonds. The first-order valence-electron chi connectivity index (χ1n) is 3.42. The molecular weight excluding hydrogens is 293 g/mol. The van der Waals surface area contributed by atoms with Gasteiger partial charge in [0.2, 0.25) is 0 Å². The van der Waals surface area contributed by atoms with Crippen LogP contribution in [0.4, 0.5) is 8.78 Å². The van der Waals surface area contributed by atoms with Crippen LogP contribution in [0.25, 0.3) is 0 Å². The SMILES string of the molecule is NCc1nc(I)c(O)cc1C(F)F. The molecule has 0 atom stereocenters. The first-order valence-corrected chi connectivity index (χ1v) is 4.50. The van der Waals surface area contributed by atoms with Crippen LogP contribution in [-0.2, 0) is 6.54 Å². The predicted molar refractivity (Wildman–Crippen MR) is 51.5 cm³/mol. The van der Waals surface area contributed by atoms with Gasteiger partial charge in [-0.25, -0.2) is 13.8 Å². The van der Waals surface area contributed by atoms with E-state index >= 15 is 0 Å².